The van der Waals surface area contributed by atoms with Crippen LogP contribution in [0.15, 0.2) is 24.3 Å². The molecule has 18 heavy (non-hydrogen) atoms. The Morgan fingerprint density at radius 3 is 2.61 bits per heavy atom. The molecule has 0 saturated carbocycles. The molecule has 0 radical (unpaired) electrons. The number of carbonyl (C=O) groups excluding carboxylic acids is 2. The van der Waals surface area contributed by atoms with E-state index < -0.39 is 0 Å². The molecule has 1 aromatic carbocycles. The second-order valence-electron chi connectivity index (χ2n) is 4.09. The fraction of sp³-hybridized carbons (Fsp3) is 0.231. The third kappa shape index (κ3) is 2.19. The number of anilines is 1. The lowest BCUT2D eigenvalue weighted by atomic mass is 10.1. The Hall–Kier alpha value is -2.32. The van der Waals surface area contributed by atoms with E-state index in [-0.39, 0.29) is 17.7 Å². The summed E-state index contributed by atoms with van der Waals surface area (Å²) in [7, 11) is 0. The average molecular weight is 243 g/mol. The Morgan fingerprint density at radius 2 is 2.11 bits per heavy atom. The van der Waals surface area contributed by atoms with Crippen molar-refractivity contribution in [1.29, 1.82) is 0 Å². The van der Waals surface area contributed by atoms with E-state index in [0.29, 0.717) is 18.5 Å². The van der Waals surface area contributed by atoms with Gasteiger partial charge in [-0.1, -0.05) is 0 Å². The van der Waals surface area contributed by atoms with E-state index >= 15 is 0 Å². The molecule has 1 aliphatic heterocycles. The maximum Gasteiger partial charge on any atom is 0.265 e. The van der Waals surface area contributed by atoms with Crippen molar-refractivity contribution in [2.45, 2.75) is 6.42 Å². The first-order chi connectivity index (χ1) is 8.65. The van der Waals surface area contributed by atoms with Gasteiger partial charge in [0.2, 0.25) is 5.91 Å². The molecule has 0 aliphatic carbocycles. The van der Waals surface area contributed by atoms with Gasteiger partial charge in [-0.15, -0.1) is 12.3 Å². The Bertz CT molecular complexity index is 516. The van der Waals surface area contributed by atoms with E-state index in [0.717, 1.165) is 5.69 Å². The highest BCUT2D eigenvalue weighted by molar-refractivity contribution is 5.97. The minimum atomic E-state index is -0.365. The molecule has 0 spiro atoms. The van der Waals surface area contributed by atoms with Crippen molar-refractivity contribution in [3.05, 3.63) is 29.8 Å². The maximum atomic E-state index is 11.8. The van der Waals surface area contributed by atoms with Gasteiger partial charge >= 0.3 is 0 Å². The number of carbonyl (C=O) groups is 2. The quantitative estimate of drug-likeness (QED) is 0.339. The zero-order valence-corrected chi connectivity index (χ0v) is 9.72. The first-order valence-corrected chi connectivity index (χ1v) is 5.53. The van der Waals surface area contributed by atoms with E-state index in [1.54, 1.807) is 29.2 Å². The molecule has 1 aliphatic rings. The third-order valence-corrected chi connectivity index (χ3v) is 2.93. The summed E-state index contributed by atoms with van der Waals surface area (Å²) >= 11 is 0. The minimum absolute atomic E-state index is 0.00831. The zero-order chi connectivity index (χ0) is 13.1. The molecular weight excluding hydrogens is 230 g/mol. The predicted molar refractivity (Wildman–Crippen MR) is 67.4 cm³/mol. The van der Waals surface area contributed by atoms with Gasteiger partial charge in [0.25, 0.3) is 5.91 Å². The van der Waals surface area contributed by atoms with E-state index in [4.69, 9.17) is 12.3 Å². The van der Waals surface area contributed by atoms with Crippen molar-refractivity contribution in [3.8, 4) is 12.3 Å². The van der Waals surface area contributed by atoms with Gasteiger partial charge in [0.15, 0.2) is 0 Å². The van der Waals surface area contributed by atoms with Gasteiger partial charge in [0, 0.05) is 30.1 Å². The molecule has 0 aromatic heterocycles. The van der Waals surface area contributed by atoms with Gasteiger partial charge in [-0.25, -0.2) is 5.84 Å². The number of hydrogen-bond donors (Lipinski definition) is 2. The first kappa shape index (κ1) is 12.1. The van der Waals surface area contributed by atoms with Gasteiger partial charge in [0.1, 0.15) is 0 Å². The molecule has 1 unspecified atom stereocenters. The van der Waals surface area contributed by atoms with Crippen LogP contribution in [0.4, 0.5) is 5.69 Å². The molecular formula is C13H13N3O2. The fourth-order valence-corrected chi connectivity index (χ4v) is 1.94. The van der Waals surface area contributed by atoms with E-state index in [1.165, 1.54) is 0 Å². The number of nitrogens with one attached hydrogen (secondary N) is 1. The van der Waals surface area contributed by atoms with Crippen molar-refractivity contribution in [3.63, 3.8) is 0 Å². The van der Waals surface area contributed by atoms with E-state index in [2.05, 4.69) is 5.92 Å². The number of benzene rings is 1. The van der Waals surface area contributed by atoms with Crippen LogP contribution in [0.2, 0.25) is 0 Å². The van der Waals surface area contributed by atoms with Crippen molar-refractivity contribution < 1.29 is 9.59 Å². The van der Waals surface area contributed by atoms with Crippen LogP contribution in [0.3, 0.4) is 0 Å². The zero-order valence-electron chi connectivity index (χ0n) is 9.72. The summed E-state index contributed by atoms with van der Waals surface area (Å²) in [4.78, 5) is 24.6. The van der Waals surface area contributed by atoms with Gasteiger partial charge in [-0.2, -0.15) is 0 Å². The van der Waals surface area contributed by atoms with Crippen LogP contribution in [-0.2, 0) is 4.79 Å². The van der Waals surface area contributed by atoms with Gasteiger partial charge in [-0.3, -0.25) is 15.0 Å². The van der Waals surface area contributed by atoms with Crippen LogP contribution >= 0.6 is 0 Å². The second kappa shape index (κ2) is 4.90. The lowest BCUT2D eigenvalue weighted by Crippen LogP contribution is -2.30. The molecule has 2 amide bonds. The van der Waals surface area contributed by atoms with Gasteiger partial charge in [-0.05, 0) is 24.3 Å². The standard InChI is InChI=1S/C13H13N3O2/c1-2-9-7-12(17)16(8-9)11-5-3-10(4-6-11)13(18)15-14/h1,3-6,9H,7-8,14H2,(H,15,18). The van der Waals surface area contributed by atoms with Crippen LogP contribution in [0, 0.1) is 18.3 Å². The summed E-state index contributed by atoms with van der Waals surface area (Å²) in [6.07, 6.45) is 5.70. The fourth-order valence-electron chi connectivity index (χ4n) is 1.94. The first-order valence-electron chi connectivity index (χ1n) is 5.53. The smallest absolute Gasteiger partial charge is 0.265 e. The lowest BCUT2D eigenvalue weighted by molar-refractivity contribution is -0.117. The number of nitrogens with two attached hydrogens (primary N) is 1. The van der Waals surface area contributed by atoms with Crippen LogP contribution in [0.25, 0.3) is 0 Å². The summed E-state index contributed by atoms with van der Waals surface area (Å²) in [5.41, 5.74) is 3.24. The Morgan fingerprint density at radius 1 is 1.44 bits per heavy atom. The highest BCUT2D eigenvalue weighted by atomic mass is 16.2. The molecule has 2 rings (SSSR count). The number of hydrogen-bond acceptors (Lipinski definition) is 3. The summed E-state index contributed by atoms with van der Waals surface area (Å²) < 4.78 is 0. The second-order valence-corrected chi connectivity index (χ2v) is 4.09. The number of amides is 2. The molecule has 92 valence electrons. The number of terminal acetylenes is 1. The Kier molecular flexibility index (Phi) is 3.31. The van der Waals surface area contributed by atoms with E-state index in [9.17, 15) is 9.59 Å². The Labute approximate surface area is 105 Å². The van der Waals surface area contributed by atoms with Crippen LogP contribution in [-0.4, -0.2) is 18.4 Å². The number of nitrogen functional groups attached to an aromatic ring is 1. The molecule has 1 fully saturated rings. The summed E-state index contributed by atoms with van der Waals surface area (Å²) in [5.74, 6) is 7.23. The van der Waals surface area contributed by atoms with Crippen molar-refractivity contribution in [1.82, 2.24) is 5.43 Å². The van der Waals surface area contributed by atoms with Gasteiger partial charge < -0.3 is 4.90 Å². The highest BCUT2D eigenvalue weighted by Gasteiger charge is 2.29. The summed E-state index contributed by atoms with van der Waals surface area (Å²) in [6, 6.07) is 6.66. The molecule has 1 atom stereocenters. The maximum absolute atomic E-state index is 11.8. The van der Waals surface area contributed by atoms with Crippen LogP contribution < -0.4 is 16.2 Å². The lowest BCUT2D eigenvalue weighted by Gasteiger charge is -2.16. The average Bonchev–Trinajstić information content (AvgIpc) is 2.79. The predicted octanol–water partition coefficient (Wildman–Crippen LogP) is 0.276. The highest BCUT2D eigenvalue weighted by Crippen LogP contribution is 2.24. The molecule has 5 heteroatoms. The minimum Gasteiger partial charge on any atom is -0.311 e. The summed E-state index contributed by atoms with van der Waals surface area (Å²) in [6.45, 7) is 0.526. The van der Waals surface area contributed by atoms with Gasteiger partial charge in [0.05, 0.1) is 0 Å². The van der Waals surface area contributed by atoms with Crippen LogP contribution in [0.1, 0.15) is 16.8 Å². The normalized spacial score (nSPS) is 18.6. The number of rotatable bonds is 2. The third-order valence-electron chi connectivity index (χ3n) is 2.93. The van der Waals surface area contributed by atoms with Crippen molar-refractivity contribution in [2.75, 3.05) is 11.4 Å². The molecule has 1 aromatic rings. The SMILES string of the molecule is C#CC1CC(=O)N(c2ccc(C(=O)NN)cc2)C1. The summed E-state index contributed by atoms with van der Waals surface area (Å²) in [5, 5.41) is 0. The molecule has 1 saturated heterocycles. The van der Waals surface area contributed by atoms with Crippen LogP contribution in [0.5, 0.6) is 0 Å². The number of hydrazine groups is 1. The number of nitrogens with zero attached hydrogens (tertiary/aromatic N) is 1. The monoisotopic (exact) mass is 243 g/mol. The molecule has 0 bridgehead atoms. The van der Waals surface area contributed by atoms with Crippen molar-refractivity contribution in [2.24, 2.45) is 11.8 Å². The van der Waals surface area contributed by atoms with Crippen molar-refractivity contribution >= 4 is 17.5 Å². The topological polar surface area (TPSA) is 75.4 Å². The largest absolute Gasteiger partial charge is 0.311 e. The Balaban J connectivity index is 2.18. The molecule has 1 heterocycles. The van der Waals surface area contributed by atoms with E-state index in [1.807, 2.05) is 5.43 Å². The molecule has 5 nitrogen and oxygen atoms in total. The molecule has 3 N–H and O–H groups in total.